The average molecular weight is 457 g/mol. The molecule has 0 saturated carbocycles. The highest BCUT2D eigenvalue weighted by molar-refractivity contribution is 7.89. The summed E-state index contributed by atoms with van der Waals surface area (Å²) in [7, 11) is -2.20. The van der Waals surface area contributed by atoms with Gasteiger partial charge in [0.25, 0.3) is 0 Å². The van der Waals surface area contributed by atoms with E-state index in [2.05, 4.69) is 0 Å². The Morgan fingerprint density at radius 3 is 2.32 bits per heavy atom. The van der Waals surface area contributed by atoms with Gasteiger partial charge in [-0.05, 0) is 54.8 Å². The van der Waals surface area contributed by atoms with E-state index in [4.69, 9.17) is 9.47 Å². The molecule has 0 radical (unpaired) electrons. The zero-order chi connectivity index (χ0) is 22.6. The van der Waals surface area contributed by atoms with Crippen LogP contribution in [0, 0.1) is 5.92 Å². The van der Waals surface area contributed by atoms with Crippen molar-refractivity contribution in [1.82, 2.24) is 4.31 Å². The molecule has 3 rings (SSSR count). The van der Waals surface area contributed by atoms with Crippen molar-refractivity contribution in [3.63, 3.8) is 0 Å². The second-order valence-electron chi connectivity index (χ2n) is 7.16. The predicted molar refractivity (Wildman–Crippen MR) is 106 cm³/mol. The molecule has 1 aliphatic heterocycles. The summed E-state index contributed by atoms with van der Waals surface area (Å²) in [6.45, 7) is 0.0302. The number of alkyl halides is 3. The molecule has 0 spiro atoms. The molecule has 0 unspecified atom stereocenters. The van der Waals surface area contributed by atoms with E-state index in [1.54, 1.807) is 12.1 Å². The second-order valence-corrected chi connectivity index (χ2v) is 9.10. The number of methoxy groups -OCH3 is 1. The molecule has 31 heavy (non-hydrogen) atoms. The van der Waals surface area contributed by atoms with Gasteiger partial charge in [0.2, 0.25) is 10.0 Å². The number of piperidine rings is 1. The minimum absolute atomic E-state index is 0.138. The standard InChI is InChI=1S/C21H22F3NO5S/c1-29-18-5-7-19(8-6-18)31(27,28)25-11-9-16(10-12-25)20(26)30-14-15-3-2-4-17(13-15)21(22,23)24/h2-8,13,16H,9-12,14H2,1H3. The molecule has 0 aromatic heterocycles. The van der Waals surface area contributed by atoms with Crippen molar-refractivity contribution in [1.29, 1.82) is 0 Å². The van der Waals surface area contributed by atoms with Crippen molar-refractivity contribution in [2.75, 3.05) is 20.2 Å². The van der Waals surface area contributed by atoms with Gasteiger partial charge in [0.1, 0.15) is 12.4 Å². The summed E-state index contributed by atoms with van der Waals surface area (Å²) < 4.78 is 75.4. The maximum atomic E-state index is 12.8. The fourth-order valence-corrected chi connectivity index (χ4v) is 4.81. The fraction of sp³-hybridized carbons (Fsp3) is 0.381. The lowest BCUT2D eigenvalue weighted by molar-refractivity contribution is -0.151. The highest BCUT2D eigenvalue weighted by atomic mass is 32.2. The Bertz CT molecular complexity index is 1010. The molecule has 1 saturated heterocycles. The maximum Gasteiger partial charge on any atom is 0.416 e. The van der Waals surface area contributed by atoms with Gasteiger partial charge < -0.3 is 9.47 Å². The first-order valence-electron chi connectivity index (χ1n) is 9.58. The molecule has 1 heterocycles. The van der Waals surface area contributed by atoms with Gasteiger partial charge in [0, 0.05) is 13.1 Å². The Labute approximate surface area is 178 Å². The quantitative estimate of drug-likeness (QED) is 0.616. The van der Waals surface area contributed by atoms with E-state index in [0.717, 1.165) is 12.1 Å². The van der Waals surface area contributed by atoms with Gasteiger partial charge in [-0.1, -0.05) is 12.1 Å². The number of carbonyl (C=O) groups excluding carboxylic acids is 1. The number of esters is 1. The number of nitrogens with zero attached hydrogens (tertiary/aromatic N) is 1. The van der Waals surface area contributed by atoms with Gasteiger partial charge in [0.05, 0.1) is 23.5 Å². The molecule has 2 aromatic carbocycles. The Morgan fingerprint density at radius 2 is 1.74 bits per heavy atom. The summed E-state index contributed by atoms with van der Waals surface area (Å²) in [5.41, 5.74) is -0.569. The molecule has 0 bridgehead atoms. The topological polar surface area (TPSA) is 72.9 Å². The molecule has 0 atom stereocenters. The van der Waals surface area contributed by atoms with Crippen LogP contribution >= 0.6 is 0 Å². The first-order valence-corrected chi connectivity index (χ1v) is 11.0. The van der Waals surface area contributed by atoms with Crippen molar-refractivity contribution < 1.29 is 35.9 Å². The third kappa shape index (κ3) is 5.56. The molecule has 10 heteroatoms. The summed E-state index contributed by atoms with van der Waals surface area (Å²) in [4.78, 5) is 12.5. The van der Waals surface area contributed by atoms with Crippen LogP contribution in [0.1, 0.15) is 24.0 Å². The van der Waals surface area contributed by atoms with Crippen molar-refractivity contribution in [2.24, 2.45) is 5.92 Å². The molecule has 2 aromatic rings. The summed E-state index contributed by atoms with van der Waals surface area (Å²) in [5.74, 6) is -0.506. The summed E-state index contributed by atoms with van der Waals surface area (Å²) in [5, 5.41) is 0. The Morgan fingerprint density at radius 1 is 1.10 bits per heavy atom. The second kappa shape index (κ2) is 9.27. The lowest BCUT2D eigenvalue weighted by Crippen LogP contribution is -2.40. The minimum Gasteiger partial charge on any atom is -0.497 e. The number of hydrogen-bond donors (Lipinski definition) is 0. The average Bonchev–Trinajstić information content (AvgIpc) is 2.77. The number of rotatable bonds is 6. The number of ether oxygens (including phenoxy) is 2. The van der Waals surface area contributed by atoms with Crippen LogP contribution in [0.4, 0.5) is 13.2 Å². The fourth-order valence-electron chi connectivity index (χ4n) is 3.34. The van der Waals surface area contributed by atoms with Crippen LogP contribution in [0.15, 0.2) is 53.4 Å². The smallest absolute Gasteiger partial charge is 0.416 e. The number of hydrogen-bond acceptors (Lipinski definition) is 5. The van der Waals surface area contributed by atoms with Crippen molar-refractivity contribution in [3.05, 3.63) is 59.7 Å². The van der Waals surface area contributed by atoms with E-state index in [1.165, 1.54) is 35.7 Å². The first kappa shape index (κ1) is 23.1. The van der Waals surface area contributed by atoms with Crippen LogP contribution in [-0.4, -0.2) is 38.9 Å². The maximum absolute atomic E-state index is 12.8. The largest absolute Gasteiger partial charge is 0.497 e. The highest BCUT2D eigenvalue weighted by Gasteiger charge is 2.33. The van der Waals surface area contributed by atoms with Crippen LogP contribution in [0.25, 0.3) is 0 Å². The summed E-state index contributed by atoms with van der Waals surface area (Å²) >= 11 is 0. The molecular formula is C21H22F3NO5S. The minimum atomic E-state index is -4.47. The third-order valence-corrected chi connectivity index (χ3v) is 7.03. The zero-order valence-corrected chi connectivity index (χ0v) is 17.6. The SMILES string of the molecule is COc1ccc(S(=O)(=O)N2CCC(C(=O)OCc3cccc(C(F)(F)F)c3)CC2)cc1. The van der Waals surface area contributed by atoms with Gasteiger partial charge in [0.15, 0.2) is 0 Å². The van der Waals surface area contributed by atoms with E-state index in [1.807, 2.05) is 0 Å². The number of benzene rings is 2. The molecule has 0 aliphatic carbocycles. The van der Waals surface area contributed by atoms with Gasteiger partial charge in [-0.3, -0.25) is 4.79 Å². The molecule has 1 fully saturated rings. The zero-order valence-electron chi connectivity index (χ0n) is 16.8. The van der Waals surface area contributed by atoms with Gasteiger partial charge in [-0.15, -0.1) is 0 Å². The van der Waals surface area contributed by atoms with Crippen LogP contribution in [0.5, 0.6) is 5.75 Å². The highest BCUT2D eigenvalue weighted by Crippen LogP contribution is 2.30. The monoisotopic (exact) mass is 457 g/mol. The van der Waals surface area contributed by atoms with E-state index < -0.39 is 33.7 Å². The molecule has 1 aliphatic rings. The van der Waals surface area contributed by atoms with Crippen LogP contribution < -0.4 is 4.74 Å². The van der Waals surface area contributed by atoms with Crippen LogP contribution in [-0.2, 0) is 32.3 Å². The molecular weight excluding hydrogens is 435 g/mol. The normalized spacial score (nSPS) is 16.1. The summed E-state index contributed by atoms with van der Waals surface area (Å²) in [6.07, 6.45) is -3.92. The molecule has 168 valence electrons. The third-order valence-electron chi connectivity index (χ3n) is 5.12. The van der Waals surface area contributed by atoms with Crippen molar-refractivity contribution in [2.45, 2.75) is 30.5 Å². The van der Waals surface area contributed by atoms with E-state index in [-0.39, 0.29) is 43.0 Å². The molecule has 6 nitrogen and oxygen atoms in total. The molecule has 0 N–H and O–H groups in total. The van der Waals surface area contributed by atoms with E-state index in [0.29, 0.717) is 5.75 Å². The Kier molecular flexibility index (Phi) is 6.90. The van der Waals surface area contributed by atoms with Gasteiger partial charge in [-0.2, -0.15) is 17.5 Å². The number of halogens is 3. The summed E-state index contributed by atoms with van der Waals surface area (Å²) in [6, 6.07) is 10.6. The van der Waals surface area contributed by atoms with Crippen LogP contribution in [0.3, 0.4) is 0 Å². The predicted octanol–water partition coefficient (Wildman–Crippen LogP) is 3.86. The van der Waals surface area contributed by atoms with Gasteiger partial charge >= 0.3 is 12.1 Å². The lowest BCUT2D eigenvalue weighted by atomic mass is 9.98. The first-order chi connectivity index (χ1) is 14.6. The Balaban J connectivity index is 1.55. The van der Waals surface area contributed by atoms with Crippen LogP contribution in [0.2, 0.25) is 0 Å². The van der Waals surface area contributed by atoms with Gasteiger partial charge in [-0.25, -0.2) is 8.42 Å². The lowest BCUT2D eigenvalue weighted by Gasteiger charge is -2.30. The van der Waals surface area contributed by atoms with E-state index >= 15 is 0 Å². The van der Waals surface area contributed by atoms with Crippen molar-refractivity contribution in [3.8, 4) is 5.75 Å². The van der Waals surface area contributed by atoms with Crippen molar-refractivity contribution >= 4 is 16.0 Å². The number of sulfonamides is 1. The number of carbonyl (C=O) groups is 1. The van der Waals surface area contributed by atoms with E-state index in [9.17, 15) is 26.4 Å². The Hall–Kier alpha value is -2.59. The molecule has 0 amide bonds.